The number of hydrogen-bond acceptors (Lipinski definition) is 3. The predicted molar refractivity (Wildman–Crippen MR) is 37.4 cm³/mol. The summed E-state index contributed by atoms with van der Waals surface area (Å²) in [6.07, 6.45) is 1.14. The normalized spacial score (nSPS) is 13.1. The first-order valence-corrected chi connectivity index (χ1v) is 3.18. The Kier molecular flexibility index (Phi) is 1.97. The number of aryl methyl sites for hydroxylation is 1. The maximum Gasteiger partial charge on any atom is 0.125 e. The topological polar surface area (TPSA) is 46.0 Å². The van der Waals surface area contributed by atoms with E-state index in [2.05, 4.69) is 9.97 Å². The van der Waals surface area contributed by atoms with E-state index < -0.39 is 6.10 Å². The van der Waals surface area contributed by atoms with Crippen LogP contribution >= 0.6 is 0 Å². The summed E-state index contributed by atoms with van der Waals surface area (Å²) in [5.74, 6) is 0.693. The summed E-state index contributed by atoms with van der Waals surface area (Å²) >= 11 is 0. The molecule has 1 rings (SSSR count). The maximum absolute atomic E-state index is 9.06. The molecule has 0 spiro atoms. The van der Waals surface area contributed by atoms with Gasteiger partial charge in [0.1, 0.15) is 5.82 Å². The van der Waals surface area contributed by atoms with Gasteiger partial charge in [-0.1, -0.05) is 0 Å². The number of hydrogen-bond donors (Lipinski definition) is 1. The van der Waals surface area contributed by atoms with Crippen LogP contribution < -0.4 is 0 Å². The molecule has 3 nitrogen and oxygen atoms in total. The van der Waals surface area contributed by atoms with Crippen molar-refractivity contribution in [1.29, 1.82) is 0 Å². The second kappa shape index (κ2) is 2.75. The Morgan fingerprint density at radius 3 is 2.70 bits per heavy atom. The highest BCUT2D eigenvalue weighted by atomic mass is 16.3. The van der Waals surface area contributed by atoms with Gasteiger partial charge in [-0.05, 0) is 19.9 Å². The lowest BCUT2D eigenvalue weighted by Gasteiger charge is -2.01. The first-order valence-electron chi connectivity index (χ1n) is 3.18. The molecule has 0 aliphatic heterocycles. The second-order valence-electron chi connectivity index (χ2n) is 2.20. The number of aliphatic hydroxyl groups is 1. The van der Waals surface area contributed by atoms with Gasteiger partial charge in [0.2, 0.25) is 0 Å². The fraction of sp³-hybridized carbons (Fsp3) is 0.429. The lowest BCUT2D eigenvalue weighted by molar-refractivity contribution is 0.194. The van der Waals surface area contributed by atoms with Crippen LogP contribution in [-0.2, 0) is 0 Å². The van der Waals surface area contributed by atoms with Crippen molar-refractivity contribution in [3.05, 3.63) is 23.8 Å². The minimum atomic E-state index is -0.498. The van der Waals surface area contributed by atoms with E-state index in [1.54, 1.807) is 26.1 Å². The standard InChI is InChI=1S/C7H10N2O/c1-5(10)7-3-4-8-6(2)9-7/h3-5,10H,1-2H3/t5-/m1/s1. The Balaban J connectivity index is 2.96. The van der Waals surface area contributed by atoms with Crippen molar-refractivity contribution in [3.8, 4) is 0 Å². The zero-order valence-corrected chi connectivity index (χ0v) is 6.07. The number of rotatable bonds is 1. The van der Waals surface area contributed by atoms with E-state index in [1.165, 1.54) is 0 Å². The monoisotopic (exact) mass is 138 g/mol. The maximum atomic E-state index is 9.06. The molecule has 1 N–H and O–H groups in total. The van der Waals surface area contributed by atoms with Gasteiger partial charge in [0, 0.05) is 6.20 Å². The molecule has 0 radical (unpaired) electrons. The molecule has 0 saturated carbocycles. The van der Waals surface area contributed by atoms with Crippen LogP contribution in [0, 0.1) is 6.92 Å². The van der Waals surface area contributed by atoms with Crippen molar-refractivity contribution in [2.24, 2.45) is 0 Å². The Labute approximate surface area is 59.8 Å². The van der Waals surface area contributed by atoms with Gasteiger partial charge in [-0.15, -0.1) is 0 Å². The first-order chi connectivity index (χ1) is 4.70. The Bertz CT molecular complexity index is 223. The largest absolute Gasteiger partial charge is 0.387 e. The van der Waals surface area contributed by atoms with Crippen LogP contribution in [0.25, 0.3) is 0 Å². The molecule has 0 amide bonds. The molecule has 1 atom stereocenters. The van der Waals surface area contributed by atoms with Gasteiger partial charge >= 0.3 is 0 Å². The molecule has 0 aromatic carbocycles. The van der Waals surface area contributed by atoms with E-state index in [1.807, 2.05) is 0 Å². The molecule has 0 aliphatic rings. The van der Waals surface area contributed by atoms with Crippen LogP contribution in [-0.4, -0.2) is 15.1 Å². The molecule has 1 heterocycles. The first kappa shape index (κ1) is 7.15. The van der Waals surface area contributed by atoms with Gasteiger partial charge in [-0.3, -0.25) is 0 Å². The molecule has 1 aromatic heterocycles. The zero-order chi connectivity index (χ0) is 7.56. The van der Waals surface area contributed by atoms with Gasteiger partial charge < -0.3 is 5.11 Å². The van der Waals surface area contributed by atoms with E-state index >= 15 is 0 Å². The zero-order valence-electron chi connectivity index (χ0n) is 6.07. The predicted octanol–water partition coefficient (Wildman–Crippen LogP) is 0.838. The quantitative estimate of drug-likeness (QED) is 0.625. The van der Waals surface area contributed by atoms with Crippen molar-refractivity contribution < 1.29 is 5.11 Å². The third-order valence-electron chi connectivity index (χ3n) is 1.23. The average Bonchev–Trinajstić information content (AvgIpc) is 1.88. The molecule has 0 fully saturated rings. The summed E-state index contributed by atoms with van der Waals surface area (Å²) in [7, 11) is 0. The lowest BCUT2D eigenvalue weighted by atomic mass is 10.3. The van der Waals surface area contributed by atoms with Crippen LogP contribution in [0.1, 0.15) is 24.5 Å². The summed E-state index contributed by atoms with van der Waals surface area (Å²) in [5, 5.41) is 9.06. The van der Waals surface area contributed by atoms with E-state index in [4.69, 9.17) is 5.11 Å². The molecular weight excluding hydrogens is 128 g/mol. The van der Waals surface area contributed by atoms with Crippen LogP contribution in [0.15, 0.2) is 12.3 Å². The van der Waals surface area contributed by atoms with Crippen molar-refractivity contribution in [3.63, 3.8) is 0 Å². The minimum absolute atomic E-state index is 0.498. The number of nitrogens with zero attached hydrogens (tertiary/aromatic N) is 2. The molecule has 3 heteroatoms. The average molecular weight is 138 g/mol. The molecule has 0 saturated heterocycles. The Morgan fingerprint density at radius 1 is 1.60 bits per heavy atom. The number of aromatic nitrogens is 2. The van der Waals surface area contributed by atoms with Crippen molar-refractivity contribution in [2.75, 3.05) is 0 Å². The highest BCUT2D eigenvalue weighted by molar-refractivity contribution is 5.03. The van der Waals surface area contributed by atoms with Gasteiger partial charge in [0.25, 0.3) is 0 Å². The van der Waals surface area contributed by atoms with Crippen molar-refractivity contribution in [1.82, 2.24) is 9.97 Å². The minimum Gasteiger partial charge on any atom is -0.387 e. The van der Waals surface area contributed by atoms with Gasteiger partial charge in [-0.2, -0.15) is 0 Å². The third-order valence-corrected chi connectivity index (χ3v) is 1.23. The van der Waals surface area contributed by atoms with Gasteiger partial charge in [-0.25, -0.2) is 9.97 Å². The van der Waals surface area contributed by atoms with Crippen LogP contribution in [0.3, 0.4) is 0 Å². The van der Waals surface area contributed by atoms with Crippen LogP contribution in [0.2, 0.25) is 0 Å². The molecule has 0 unspecified atom stereocenters. The van der Waals surface area contributed by atoms with E-state index in [9.17, 15) is 0 Å². The molecule has 0 bridgehead atoms. The summed E-state index contributed by atoms with van der Waals surface area (Å²) < 4.78 is 0. The molecule has 0 aliphatic carbocycles. The lowest BCUT2D eigenvalue weighted by Crippen LogP contribution is -1.97. The Hall–Kier alpha value is -0.960. The SMILES string of the molecule is Cc1nccc([C@@H](C)O)n1. The summed E-state index contributed by atoms with van der Waals surface area (Å²) in [5.41, 5.74) is 0.674. The van der Waals surface area contributed by atoms with Gasteiger partial charge in [0.05, 0.1) is 11.8 Å². The Morgan fingerprint density at radius 2 is 2.30 bits per heavy atom. The van der Waals surface area contributed by atoms with Crippen molar-refractivity contribution in [2.45, 2.75) is 20.0 Å². The number of aliphatic hydroxyl groups excluding tert-OH is 1. The van der Waals surface area contributed by atoms with Crippen molar-refractivity contribution >= 4 is 0 Å². The van der Waals surface area contributed by atoms with Crippen LogP contribution in [0.5, 0.6) is 0 Å². The summed E-state index contributed by atoms with van der Waals surface area (Å²) in [6.45, 7) is 3.48. The molecule has 1 aromatic rings. The van der Waals surface area contributed by atoms with E-state index in [0.29, 0.717) is 11.5 Å². The van der Waals surface area contributed by atoms with E-state index in [-0.39, 0.29) is 0 Å². The fourth-order valence-electron chi connectivity index (χ4n) is 0.707. The highest BCUT2D eigenvalue weighted by Gasteiger charge is 2.00. The fourth-order valence-corrected chi connectivity index (χ4v) is 0.707. The molecule has 10 heavy (non-hydrogen) atoms. The highest BCUT2D eigenvalue weighted by Crippen LogP contribution is 2.06. The third kappa shape index (κ3) is 1.51. The summed E-state index contributed by atoms with van der Waals surface area (Å²) in [4.78, 5) is 7.91. The van der Waals surface area contributed by atoms with E-state index in [0.717, 1.165) is 0 Å². The molecular formula is C7H10N2O. The van der Waals surface area contributed by atoms with Gasteiger partial charge in [0.15, 0.2) is 0 Å². The molecule has 54 valence electrons. The smallest absolute Gasteiger partial charge is 0.125 e. The van der Waals surface area contributed by atoms with Crippen LogP contribution in [0.4, 0.5) is 0 Å². The summed E-state index contributed by atoms with van der Waals surface area (Å²) in [6, 6.07) is 1.71. The second-order valence-corrected chi connectivity index (χ2v) is 2.20.